The van der Waals surface area contributed by atoms with Crippen LogP contribution in [0.4, 0.5) is 10.5 Å². The predicted octanol–water partition coefficient (Wildman–Crippen LogP) is 2.74. The van der Waals surface area contributed by atoms with Crippen molar-refractivity contribution in [2.45, 2.75) is 26.2 Å². The molecule has 1 saturated heterocycles. The van der Waals surface area contributed by atoms with Gasteiger partial charge in [-0.1, -0.05) is 6.07 Å². The summed E-state index contributed by atoms with van der Waals surface area (Å²) in [5, 5.41) is 11.4. The summed E-state index contributed by atoms with van der Waals surface area (Å²) in [6.45, 7) is 4.32. The lowest BCUT2D eigenvalue weighted by Crippen LogP contribution is -2.33. The smallest absolute Gasteiger partial charge is 0.321 e. The van der Waals surface area contributed by atoms with Crippen LogP contribution in [0, 0.1) is 12.8 Å². The lowest BCUT2D eigenvalue weighted by Gasteiger charge is -2.23. The molecule has 0 saturated carbocycles. The number of hydrogen-bond acceptors (Lipinski definition) is 4. The van der Waals surface area contributed by atoms with Crippen molar-refractivity contribution < 1.29 is 24.2 Å². The Kier molecular flexibility index (Phi) is 7.06. The van der Waals surface area contributed by atoms with Crippen molar-refractivity contribution in [3.05, 3.63) is 23.8 Å². The molecule has 0 atom stereocenters. The van der Waals surface area contributed by atoms with Gasteiger partial charge in [0.05, 0.1) is 13.0 Å². The van der Waals surface area contributed by atoms with Gasteiger partial charge in [0.15, 0.2) is 0 Å². The quantitative estimate of drug-likeness (QED) is 0.789. The maximum absolute atomic E-state index is 12.1. The molecule has 1 aliphatic heterocycles. The zero-order valence-electron chi connectivity index (χ0n) is 14.8. The molecule has 1 fully saturated rings. The molecule has 2 N–H and O–H groups in total. The van der Waals surface area contributed by atoms with Crippen LogP contribution in [0.3, 0.4) is 0 Å². The van der Waals surface area contributed by atoms with Crippen LogP contribution in [0.1, 0.15) is 24.8 Å². The molecular weight excluding hydrogens is 324 g/mol. The Morgan fingerprint density at radius 2 is 2.08 bits per heavy atom. The summed E-state index contributed by atoms with van der Waals surface area (Å²) >= 11 is 0. The molecule has 0 unspecified atom stereocenters. The molecule has 7 heteroatoms. The molecule has 2 amide bonds. The highest BCUT2D eigenvalue weighted by Gasteiger charge is 2.16. The van der Waals surface area contributed by atoms with E-state index in [0.717, 1.165) is 37.4 Å². The van der Waals surface area contributed by atoms with Gasteiger partial charge < -0.3 is 24.8 Å². The van der Waals surface area contributed by atoms with Crippen molar-refractivity contribution in [1.29, 1.82) is 0 Å². The summed E-state index contributed by atoms with van der Waals surface area (Å²) in [5.41, 5.74) is 1.63. The standard InChI is InChI=1S/C18H26N2O5/c1-13-3-4-15(19-18(23)20(2)8-5-17(21)22)11-16(13)25-12-14-6-9-24-10-7-14/h3-4,11,14H,5-10,12H2,1-2H3,(H,19,23)(H,21,22). The Labute approximate surface area is 147 Å². The SMILES string of the molecule is Cc1ccc(NC(=O)N(C)CCC(=O)O)cc1OCC1CCOCC1. The molecule has 25 heavy (non-hydrogen) atoms. The lowest BCUT2D eigenvalue weighted by atomic mass is 10.0. The second-order valence-electron chi connectivity index (χ2n) is 6.34. The van der Waals surface area contributed by atoms with Gasteiger partial charge in [-0.05, 0) is 37.3 Å². The minimum absolute atomic E-state index is 0.0860. The topological polar surface area (TPSA) is 88.1 Å². The molecule has 138 valence electrons. The third-order valence-electron chi connectivity index (χ3n) is 4.26. The van der Waals surface area contributed by atoms with Gasteiger partial charge >= 0.3 is 12.0 Å². The normalized spacial score (nSPS) is 14.8. The Morgan fingerprint density at radius 1 is 1.36 bits per heavy atom. The van der Waals surface area contributed by atoms with Gasteiger partial charge in [0.25, 0.3) is 0 Å². The van der Waals surface area contributed by atoms with E-state index in [0.29, 0.717) is 18.2 Å². The summed E-state index contributed by atoms with van der Waals surface area (Å²) in [7, 11) is 1.56. The van der Waals surface area contributed by atoms with E-state index in [1.165, 1.54) is 4.90 Å². The van der Waals surface area contributed by atoms with Gasteiger partial charge in [-0.15, -0.1) is 0 Å². The molecule has 1 aliphatic rings. The van der Waals surface area contributed by atoms with Crippen molar-refractivity contribution in [3.63, 3.8) is 0 Å². The van der Waals surface area contributed by atoms with Crippen molar-refractivity contribution >= 4 is 17.7 Å². The molecule has 0 aliphatic carbocycles. The van der Waals surface area contributed by atoms with Gasteiger partial charge in [0.2, 0.25) is 0 Å². The fraction of sp³-hybridized carbons (Fsp3) is 0.556. The Morgan fingerprint density at radius 3 is 2.76 bits per heavy atom. The number of urea groups is 1. The number of carboxylic acids is 1. The van der Waals surface area contributed by atoms with Crippen LogP contribution in [0.5, 0.6) is 5.75 Å². The number of nitrogens with zero attached hydrogens (tertiary/aromatic N) is 1. The summed E-state index contributed by atoms with van der Waals surface area (Å²) in [5.74, 6) is 0.310. The maximum Gasteiger partial charge on any atom is 0.321 e. The van der Waals surface area contributed by atoms with E-state index in [4.69, 9.17) is 14.6 Å². The third kappa shape index (κ3) is 6.26. The summed E-state index contributed by atoms with van der Waals surface area (Å²) in [4.78, 5) is 24.0. The third-order valence-corrected chi connectivity index (χ3v) is 4.26. The van der Waals surface area contributed by atoms with Gasteiger partial charge in [0.1, 0.15) is 5.75 Å². The Bertz CT molecular complexity index is 599. The van der Waals surface area contributed by atoms with Crippen molar-refractivity contribution in [1.82, 2.24) is 4.90 Å². The number of aryl methyl sites for hydroxylation is 1. The average molecular weight is 350 g/mol. The number of amides is 2. The molecule has 1 aromatic carbocycles. The largest absolute Gasteiger partial charge is 0.493 e. The maximum atomic E-state index is 12.1. The first-order valence-electron chi connectivity index (χ1n) is 8.51. The van der Waals surface area contributed by atoms with Crippen LogP contribution in [0.2, 0.25) is 0 Å². The summed E-state index contributed by atoms with van der Waals surface area (Å²) < 4.78 is 11.3. The van der Waals surface area contributed by atoms with E-state index in [1.807, 2.05) is 13.0 Å². The Balaban J connectivity index is 1.90. The van der Waals surface area contributed by atoms with Gasteiger partial charge in [-0.3, -0.25) is 4.79 Å². The van der Waals surface area contributed by atoms with Crippen LogP contribution >= 0.6 is 0 Å². The van der Waals surface area contributed by atoms with Crippen LogP contribution in [0.15, 0.2) is 18.2 Å². The first-order chi connectivity index (χ1) is 12.0. The van der Waals surface area contributed by atoms with E-state index in [2.05, 4.69) is 5.32 Å². The number of carbonyl (C=O) groups excluding carboxylic acids is 1. The first kappa shape index (κ1) is 19.1. The van der Waals surface area contributed by atoms with Crippen LogP contribution in [-0.2, 0) is 9.53 Å². The number of ether oxygens (including phenoxy) is 2. The molecule has 1 aromatic rings. The Hall–Kier alpha value is -2.28. The number of anilines is 1. The number of nitrogens with one attached hydrogen (secondary N) is 1. The molecular formula is C18H26N2O5. The fourth-order valence-corrected chi connectivity index (χ4v) is 2.54. The van der Waals surface area contributed by atoms with Crippen molar-refractivity contribution in [2.24, 2.45) is 5.92 Å². The molecule has 0 radical (unpaired) electrons. The first-order valence-corrected chi connectivity index (χ1v) is 8.51. The van der Waals surface area contributed by atoms with E-state index in [-0.39, 0.29) is 19.0 Å². The van der Waals surface area contributed by atoms with E-state index < -0.39 is 5.97 Å². The van der Waals surface area contributed by atoms with Crippen molar-refractivity contribution in [2.75, 3.05) is 38.7 Å². The monoisotopic (exact) mass is 350 g/mol. The van der Waals surface area contributed by atoms with Crippen LogP contribution < -0.4 is 10.1 Å². The molecule has 2 rings (SSSR count). The van der Waals surface area contributed by atoms with Crippen LogP contribution in [0.25, 0.3) is 0 Å². The molecule has 0 spiro atoms. The molecule has 1 heterocycles. The molecule has 7 nitrogen and oxygen atoms in total. The average Bonchev–Trinajstić information content (AvgIpc) is 2.60. The number of carbonyl (C=O) groups is 2. The van der Waals surface area contributed by atoms with E-state index >= 15 is 0 Å². The molecule has 0 bridgehead atoms. The van der Waals surface area contributed by atoms with Gasteiger partial charge in [0, 0.05) is 38.6 Å². The second-order valence-corrected chi connectivity index (χ2v) is 6.34. The summed E-state index contributed by atoms with van der Waals surface area (Å²) in [6.07, 6.45) is 1.92. The highest BCUT2D eigenvalue weighted by molar-refractivity contribution is 5.89. The fourth-order valence-electron chi connectivity index (χ4n) is 2.54. The minimum atomic E-state index is -0.932. The molecule has 0 aromatic heterocycles. The number of benzene rings is 1. The van der Waals surface area contributed by atoms with Gasteiger partial charge in [-0.2, -0.15) is 0 Å². The number of hydrogen-bond donors (Lipinski definition) is 2. The lowest BCUT2D eigenvalue weighted by molar-refractivity contribution is -0.137. The van der Waals surface area contributed by atoms with E-state index in [9.17, 15) is 9.59 Å². The minimum Gasteiger partial charge on any atom is -0.493 e. The number of carboxylic acid groups (broad SMARTS) is 1. The predicted molar refractivity (Wildman–Crippen MR) is 94.1 cm³/mol. The van der Waals surface area contributed by atoms with Crippen molar-refractivity contribution in [3.8, 4) is 5.75 Å². The highest BCUT2D eigenvalue weighted by Crippen LogP contribution is 2.25. The summed E-state index contributed by atoms with van der Waals surface area (Å²) in [6, 6.07) is 5.16. The zero-order chi connectivity index (χ0) is 18.2. The van der Waals surface area contributed by atoms with Crippen LogP contribution in [-0.4, -0.2) is 55.4 Å². The van der Waals surface area contributed by atoms with Gasteiger partial charge in [-0.25, -0.2) is 4.79 Å². The number of rotatable bonds is 7. The zero-order valence-corrected chi connectivity index (χ0v) is 14.8. The highest BCUT2D eigenvalue weighted by atomic mass is 16.5. The van der Waals surface area contributed by atoms with E-state index in [1.54, 1.807) is 19.2 Å². The number of aliphatic carboxylic acids is 1. The second kappa shape index (κ2) is 9.27.